The molecule has 0 bridgehead atoms. The summed E-state index contributed by atoms with van der Waals surface area (Å²) in [5.41, 5.74) is 2.01. The van der Waals surface area contributed by atoms with E-state index in [2.05, 4.69) is 26.2 Å². The number of fused-ring (bicyclic) bond motifs is 1. The maximum absolute atomic E-state index is 11.2. The van der Waals surface area contributed by atoms with Crippen LogP contribution in [0.1, 0.15) is 11.3 Å². The molecule has 0 radical (unpaired) electrons. The van der Waals surface area contributed by atoms with Crippen molar-refractivity contribution in [3.8, 4) is 0 Å². The van der Waals surface area contributed by atoms with E-state index in [-0.39, 0.29) is 5.78 Å². The van der Waals surface area contributed by atoms with Crippen molar-refractivity contribution in [1.29, 1.82) is 0 Å². The molecule has 13 heavy (non-hydrogen) atoms. The molecule has 1 aliphatic rings. The zero-order valence-electron chi connectivity index (χ0n) is 7.01. The quantitative estimate of drug-likeness (QED) is 0.738. The van der Waals surface area contributed by atoms with Crippen LogP contribution in [0.4, 0.5) is 0 Å². The van der Waals surface area contributed by atoms with Crippen LogP contribution in [0, 0.1) is 0 Å². The first-order valence-corrected chi connectivity index (χ1v) is 4.91. The third kappa shape index (κ3) is 1.95. The molecule has 0 unspecified atom stereocenters. The molecule has 0 amide bonds. The summed E-state index contributed by atoms with van der Waals surface area (Å²) in [5.74, 6) is 0.202. The van der Waals surface area contributed by atoms with E-state index in [1.807, 2.05) is 6.07 Å². The Morgan fingerprint density at radius 3 is 3.15 bits per heavy atom. The lowest BCUT2D eigenvalue weighted by molar-refractivity contribution is -0.117. The van der Waals surface area contributed by atoms with Gasteiger partial charge in [0.2, 0.25) is 0 Å². The number of nitrogens with zero attached hydrogens (tertiary/aromatic N) is 1. The minimum absolute atomic E-state index is 0.202. The highest BCUT2D eigenvalue weighted by molar-refractivity contribution is 9.10. The van der Waals surface area contributed by atoms with Crippen molar-refractivity contribution in [2.24, 2.45) is 0 Å². The first-order chi connectivity index (χ1) is 6.25. The van der Waals surface area contributed by atoms with Crippen molar-refractivity contribution in [2.75, 3.05) is 6.54 Å². The summed E-state index contributed by atoms with van der Waals surface area (Å²) < 4.78 is 0.961. The van der Waals surface area contributed by atoms with E-state index in [0.29, 0.717) is 13.0 Å². The predicted molar refractivity (Wildman–Crippen MR) is 52.4 cm³/mol. The summed E-state index contributed by atoms with van der Waals surface area (Å²) >= 11 is 3.36. The lowest BCUT2D eigenvalue weighted by atomic mass is 10.1. The van der Waals surface area contributed by atoms with Crippen molar-refractivity contribution in [3.63, 3.8) is 0 Å². The first-order valence-electron chi connectivity index (χ1n) is 4.11. The lowest BCUT2D eigenvalue weighted by Gasteiger charge is -2.03. The van der Waals surface area contributed by atoms with E-state index in [9.17, 15) is 4.79 Å². The van der Waals surface area contributed by atoms with E-state index in [1.165, 1.54) is 0 Å². The Bertz CT molecular complexity index is 351. The molecule has 2 heterocycles. The molecule has 1 aromatic rings. The molecule has 0 atom stereocenters. The zero-order valence-corrected chi connectivity index (χ0v) is 8.60. The Labute approximate surface area is 84.7 Å². The van der Waals surface area contributed by atoms with E-state index in [0.717, 1.165) is 22.3 Å². The highest BCUT2D eigenvalue weighted by Crippen LogP contribution is 2.15. The monoisotopic (exact) mass is 240 g/mol. The third-order valence-corrected chi connectivity index (χ3v) is 2.46. The predicted octanol–water partition coefficient (Wildman–Crippen LogP) is 1.06. The Kier molecular flexibility index (Phi) is 2.42. The van der Waals surface area contributed by atoms with Gasteiger partial charge in [-0.05, 0) is 27.6 Å². The maximum Gasteiger partial charge on any atom is 0.152 e. The summed E-state index contributed by atoms with van der Waals surface area (Å²) in [6.07, 6.45) is 2.19. The van der Waals surface area contributed by atoms with Crippen LogP contribution in [-0.4, -0.2) is 17.3 Å². The van der Waals surface area contributed by atoms with Gasteiger partial charge in [0.1, 0.15) is 0 Å². The smallest absolute Gasteiger partial charge is 0.152 e. The summed E-state index contributed by atoms with van der Waals surface area (Å²) in [4.78, 5) is 15.4. The standard InChI is InChI=1S/C9H9BrN2O/c10-7-1-6-3-11-5-8(13)2-9(6)12-4-7/h1,4,11H,2-3,5H2. The average molecular weight is 241 g/mol. The number of rotatable bonds is 0. The second kappa shape index (κ2) is 3.55. The highest BCUT2D eigenvalue weighted by Gasteiger charge is 2.13. The first kappa shape index (κ1) is 8.84. The van der Waals surface area contributed by atoms with Gasteiger partial charge in [0.15, 0.2) is 5.78 Å². The zero-order chi connectivity index (χ0) is 9.26. The number of nitrogens with one attached hydrogen (secondary N) is 1. The lowest BCUT2D eigenvalue weighted by Crippen LogP contribution is -2.19. The van der Waals surface area contributed by atoms with Crippen molar-refractivity contribution in [1.82, 2.24) is 10.3 Å². The summed E-state index contributed by atoms with van der Waals surface area (Å²) in [6.45, 7) is 1.18. The fourth-order valence-electron chi connectivity index (χ4n) is 1.41. The van der Waals surface area contributed by atoms with Gasteiger partial charge < -0.3 is 5.32 Å². The van der Waals surface area contributed by atoms with Gasteiger partial charge in [0.05, 0.1) is 18.7 Å². The topological polar surface area (TPSA) is 42.0 Å². The van der Waals surface area contributed by atoms with Crippen LogP contribution in [0.2, 0.25) is 0 Å². The van der Waals surface area contributed by atoms with E-state index < -0.39 is 0 Å². The van der Waals surface area contributed by atoms with Crippen LogP contribution in [0.15, 0.2) is 16.7 Å². The molecule has 1 aliphatic heterocycles. The fraction of sp³-hybridized carbons (Fsp3) is 0.333. The van der Waals surface area contributed by atoms with Crippen LogP contribution in [0.5, 0.6) is 0 Å². The molecule has 0 aromatic carbocycles. The van der Waals surface area contributed by atoms with Crippen molar-refractivity contribution in [3.05, 3.63) is 28.0 Å². The second-order valence-corrected chi connectivity index (χ2v) is 3.99. The fourth-order valence-corrected chi connectivity index (χ4v) is 1.79. The van der Waals surface area contributed by atoms with Gasteiger partial charge in [-0.25, -0.2) is 0 Å². The Hall–Kier alpha value is -0.740. The van der Waals surface area contributed by atoms with E-state index >= 15 is 0 Å². The van der Waals surface area contributed by atoms with Crippen molar-refractivity contribution in [2.45, 2.75) is 13.0 Å². The maximum atomic E-state index is 11.2. The van der Waals surface area contributed by atoms with Gasteiger partial charge in [0.25, 0.3) is 0 Å². The van der Waals surface area contributed by atoms with E-state index in [1.54, 1.807) is 6.20 Å². The van der Waals surface area contributed by atoms with E-state index in [4.69, 9.17) is 0 Å². The molecule has 0 saturated carbocycles. The molecule has 2 rings (SSSR count). The molecule has 0 saturated heterocycles. The number of Topliss-reactive ketones (excluding diaryl/α,β-unsaturated/α-hetero) is 1. The Morgan fingerprint density at radius 2 is 2.31 bits per heavy atom. The second-order valence-electron chi connectivity index (χ2n) is 3.08. The van der Waals surface area contributed by atoms with Crippen LogP contribution < -0.4 is 5.32 Å². The number of halogens is 1. The van der Waals surface area contributed by atoms with Crippen LogP contribution in [-0.2, 0) is 17.8 Å². The molecule has 1 N–H and O–H groups in total. The molecule has 0 fully saturated rings. The number of hydrogen-bond donors (Lipinski definition) is 1. The molecule has 0 aliphatic carbocycles. The van der Waals surface area contributed by atoms with Gasteiger partial charge in [-0.2, -0.15) is 0 Å². The molecular weight excluding hydrogens is 232 g/mol. The molecule has 0 spiro atoms. The SMILES string of the molecule is O=C1CNCc2cc(Br)cnc2C1. The van der Waals surface area contributed by atoms with Crippen molar-refractivity contribution >= 4 is 21.7 Å². The number of ketones is 1. The molecule has 68 valence electrons. The average Bonchev–Trinajstić information content (AvgIpc) is 2.25. The summed E-state index contributed by atoms with van der Waals surface area (Å²) in [6, 6.07) is 2.01. The number of hydrogen-bond acceptors (Lipinski definition) is 3. The van der Waals surface area contributed by atoms with Gasteiger partial charge in [0, 0.05) is 17.2 Å². The Morgan fingerprint density at radius 1 is 1.46 bits per heavy atom. The number of aromatic nitrogens is 1. The minimum atomic E-state index is 0.202. The third-order valence-electron chi connectivity index (χ3n) is 2.03. The van der Waals surface area contributed by atoms with Crippen LogP contribution >= 0.6 is 15.9 Å². The van der Waals surface area contributed by atoms with Crippen LogP contribution in [0.3, 0.4) is 0 Å². The number of carbonyl (C=O) groups excluding carboxylic acids is 1. The Balaban J connectivity index is 2.40. The normalized spacial score (nSPS) is 16.5. The molecule has 3 nitrogen and oxygen atoms in total. The van der Waals surface area contributed by atoms with Gasteiger partial charge >= 0.3 is 0 Å². The number of pyridine rings is 1. The molecular formula is C9H9BrN2O. The molecule has 1 aromatic heterocycles. The van der Waals surface area contributed by atoms with Gasteiger partial charge in [-0.1, -0.05) is 0 Å². The molecule has 4 heteroatoms. The number of carbonyl (C=O) groups is 1. The summed E-state index contributed by atoms with van der Waals surface area (Å²) in [7, 11) is 0. The highest BCUT2D eigenvalue weighted by atomic mass is 79.9. The summed E-state index contributed by atoms with van der Waals surface area (Å²) in [5, 5.41) is 3.07. The van der Waals surface area contributed by atoms with Crippen LogP contribution in [0.25, 0.3) is 0 Å². The minimum Gasteiger partial charge on any atom is -0.306 e. The largest absolute Gasteiger partial charge is 0.306 e. The van der Waals surface area contributed by atoms with Crippen molar-refractivity contribution < 1.29 is 4.79 Å². The van der Waals surface area contributed by atoms with Gasteiger partial charge in [-0.3, -0.25) is 9.78 Å². The van der Waals surface area contributed by atoms with Gasteiger partial charge in [-0.15, -0.1) is 0 Å².